The number of nitrogens with zero attached hydrogens (tertiary/aromatic N) is 2. The zero-order valence-electron chi connectivity index (χ0n) is 13.0. The Balaban J connectivity index is 1.65. The molecule has 0 radical (unpaired) electrons. The second-order valence-electron chi connectivity index (χ2n) is 6.27. The highest BCUT2D eigenvalue weighted by Gasteiger charge is 2.36. The summed E-state index contributed by atoms with van der Waals surface area (Å²) in [6.07, 6.45) is 4.44. The molecule has 1 aromatic carbocycles. The van der Waals surface area contributed by atoms with Gasteiger partial charge in [0.25, 0.3) is 5.91 Å². The number of benzene rings is 1. The summed E-state index contributed by atoms with van der Waals surface area (Å²) >= 11 is 0. The molecule has 0 aliphatic heterocycles. The second kappa shape index (κ2) is 6.05. The van der Waals surface area contributed by atoms with E-state index in [1.165, 1.54) is 0 Å². The number of fused-ring (bicyclic) bond motifs is 1. The third-order valence-electron chi connectivity index (χ3n) is 4.62. The first-order valence-corrected chi connectivity index (χ1v) is 8.03. The average Bonchev–Trinajstić information content (AvgIpc) is 3.11. The van der Waals surface area contributed by atoms with Crippen LogP contribution in [0.15, 0.2) is 48.8 Å². The van der Waals surface area contributed by atoms with Crippen LogP contribution in [-0.2, 0) is 0 Å². The molecule has 4 rings (SSSR count). The van der Waals surface area contributed by atoms with Crippen LogP contribution in [0.25, 0.3) is 10.9 Å². The molecule has 3 aromatic rings. The van der Waals surface area contributed by atoms with Gasteiger partial charge >= 0.3 is 0 Å². The van der Waals surface area contributed by atoms with E-state index in [0.29, 0.717) is 18.5 Å². The Morgan fingerprint density at radius 2 is 2.12 bits per heavy atom. The number of carbonyl (C=O) groups excluding carboxylic acids is 1. The van der Waals surface area contributed by atoms with E-state index in [1.54, 1.807) is 12.3 Å². The fraction of sp³-hybridized carbons (Fsp3) is 0.278. The third-order valence-corrected chi connectivity index (χ3v) is 4.62. The van der Waals surface area contributed by atoms with E-state index in [9.17, 15) is 9.90 Å². The molecule has 1 saturated carbocycles. The fourth-order valence-electron chi connectivity index (χ4n) is 3.23. The number of aliphatic hydroxyl groups excluding tert-OH is 1. The van der Waals surface area contributed by atoms with Gasteiger partial charge in [-0.05, 0) is 42.5 Å². The van der Waals surface area contributed by atoms with Crippen LogP contribution in [0.3, 0.4) is 0 Å². The third kappa shape index (κ3) is 2.76. The first kappa shape index (κ1) is 14.8. The van der Waals surface area contributed by atoms with Gasteiger partial charge in [0.1, 0.15) is 5.69 Å². The van der Waals surface area contributed by atoms with Gasteiger partial charge in [0.2, 0.25) is 0 Å². The molecule has 1 aliphatic rings. The molecule has 3 N–H and O–H groups in total. The predicted molar refractivity (Wildman–Crippen MR) is 89.3 cm³/mol. The van der Waals surface area contributed by atoms with Crippen LogP contribution in [0.4, 0.5) is 0 Å². The van der Waals surface area contributed by atoms with Gasteiger partial charge in [-0.1, -0.05) is 18.2 Å². The number of amides is 1. The summed E-state index contributed by atoms with van der Waals surface area (Å²) in [5.74, 6) is 0.00174. The molecule has 0 spiro atoms. The lowest BCUT2D eigenvalue weighted by molar-refractivity contribution is 0.0234. The maximum absolute atomic E-state index is 12.4. The van der Waals surface area contributed by atoms with Crippen molar-refractivity contribution in [1.29, 1.82) is 0 Å². The Morgan fingerprint density at radius 1 is 1.29 bits per heavy atom. The minimum absolute atomic E-state index is 0.179. The summed E-state index contributed by atoms with van der Waals surface area (Å²) in [4.78, 5) is 16.9. The van der Waals surface area contributed by atoms with E-state index >= 15 is 0 Å². The highest BCUT2D eigenvalue weighted by atomic mass is 16.3. The summed E-state index contributed by atoms with van der Waals surface area (Å²) in [5.41, 5.74) is 2.31. The molecule has 0 saturated heterocycles. The van der Waals surface area contributed by atoms with E-state index in [-0.39, 0.29) is 24.0 Å². The van der Waals surface area contributed by atoms with Gasteiger partial charge in [0.15, 0.2) is 0 Å². The molecular weight excluding hydrogens is 304 g/mol. The smallest absolute Gasteiger partial charge is 0.269 e. The molecule has 6 heteroatoms. The molecule has 24 heavy (non-hydrogen) atoms. The molecule has 1 aliphatic carbocycles. The van der Waals surface area contributed by atoms with Crippen molar-refractivity contribution >= 4 is 16.8 Å². The number of nitrogens with one attached hydrogen (secondary N) is 2. The lowest BCUT2D eigenvalue weighted by Gasteiger charge is -2.38. The largest absolute Gasteiger partial charge is 0.393 e. The number of hydrogen-bond acceptors (Lipinski definition) is 4. The molecule has 0 bridgehead atoms. The van der Waals surface area contributed by atoms with Gasteiger partial charge in [-0.3, -0.25) is 14.9 Å². The fourth-order valence-corrected chi connectivity index (χ4v) is 3.23. The number of aromatic amines is 1. The van der Waals surface area contributed by atoms with E-state index in [1.807, 2.05) is 30.5 Å². The molecule has 6 nitrogen and oxygen atoms in total. The van der Waals surface area contributed by atoms with Crippen molar-refractivity contribution in [1.82, 2.24) is 20.5 Å². The van der Waals surface area contributed by atoms with Crippen molar-refractivity contribution in [2.24, 2.45) is 5.92 Å². The van der Waals surface area contributed by atoms with Crippen LogP contribution < -0.4 is 5.32 Å². The highest BCUT2D eigenvalue weighted by Crippen LogP contribution is 2.38. The van der Waals surface area contributed by atoms with Crippen molar-refractivity contribution in [3.8, 4) is 0 Å². The van der Waals surface area contributed by atoms with E-state index in [2.05, 4.69) is 26.6 Å². The Morgan fingerprint density at radius 3 is 2.88 bits per heavy atom. The average molecular weight is 322 g/mol. The number of aliphatic hydroxyl groups is 1. The Bertz CT molecular complexity index is 856. The Kier molecular flexibility index (Phi) is 3.74. The van der Waals surface area contributed by atoms with Crippen molar-refractivity contribution in [3.63, 3.8) is 0 Å². The van der Waals surface area contributed by atoms with Crippen LogP contribution in [-0.4, -0.2) is 32.3 Å². The molecule has 1 fully saturated rings. The zero-order chi connectivity index (χ0) is 16.5. The van der Waals surface area contributed by atoms with E-state index < -0.39 is 0 Å². The quantitative estimate of drug-likeness (QED) is 0.687. The number of H-pyrrole nitrogens is 1. The number of pyridine rings is 1. The van der Waals surface area contributed by atoms with Gasteiger partial charge in [0.05, 0.1) is 17.7 Å². The van der Waals surface area contributed by atoms with Crippen molar-refractivity contribution in [2.75, 3.05) is 0 Å². The maximum atomic E-state index is 12.4. The summed E-state index contributed by atoms with van der Waals surface area (Å²) in [5, 5.41) is 20.3. The van der Waals surface area contributed by atoms with Gasteiger partial charge < -0.3 is 10.4 Å². The Labute approximate surface area is 138 Å². The van der Waals surface area contributed by atoms with Gasteiger partial charge in [-0.2, -0.15) is 5.10 Å². The summed E-state index contributed by atoms with van der Waals surface area (Å²) in [6, 6.07) is 11.4. The van der Waals surface area contributed by atoms with Crippen LogP contribution in [0, 0.1) is 5.92 Å². The molecule has 2 aromatic heterocycles. The number of rotatable bonds is 4. The van der Waals surface area contributed by atoms with Gasteiger partial charge in [0, 0.05) is 17.8 Å². The summed E-state index contributed by atoms with van der Waals surface area (Å²) in [7, 11) is 0. The maximum Gasteiger partial charge on any atom is 0.269 e. The molecule has 1 atom stereocenters. The van der Waals surface area contributed by atoms with E-state index in [0.717, 1.165) is 16.5 Å². The van der Waals surface area contributed by atoms with Crippen LogP contribution in [0.5, 0.6) is 0 Å². The standard InChI is InChI=1S/C18H18N4O2/c23-14-8-12(9-14)17(21-18(24)16-5-6-20-22-16)13-7-11-3-1-2-4-15(11)19-10-13/h1-7,10,12,14,17,23H,8-9H2,(H,20,22)(H,21,24)/t12?,14?,17-/m1/s1. The monoisotopic (exact) mass is 322 g/mol. The van der Waals surface area contributed by atoms with Crippen molar-refractivity contribution in [2.45, 2.75) is 25.0 Å². The highest BCUT2D eigenvalue weighted by molar-refractivity contribution is 5.92. The van der Waals surface area contributed by atoms with Crippen molar-refractivity contribution in [3.05, 3.63) is 60.0 Å². The normalized spacial score (nSPS) is 21.2. The second-order valence-corrected chi connectivity index (χ2v) is 6.27. The molecular formula is C18H18N4O2. The first-order valence-electron chi connectivity index (χ1n) is 8.03. The first-order chi connectivity index (χ1) is 11.7. The number of aromatic nitrogens is 3. The Hall–Kier alpha value is -2.73. The van der Waals surface area contributed by atoms with Crippen LogP contribution in [0.1, 0.15) is 34.9 Å². The van der Waals surface area contributed by atoms with Gasteiger partial charge in [-0.15, -0.1) is 0 Å². The van der Waals surface area contributed by atoms with E-state index in [4.69, 9.17) is 0 Å². The SMILES string of the molecule is O=C(N[C@@H](c1cnc2ccccc2c1)C1CC(O)C1)c1ccn[nH]1. The topological polar surface area (TPSA) is 90.9 Å². The predicted octanol–water partition coefficient (Wildman–Crippen LogP) is 2.20. The lowest BCUT2D eigenvalue weighted by atomic mass is 9.75. The summed E-state index contributed by atoms with van der Waals surface area (Å²) in [6.45, 7) is 0. The molecule has 122 valence electrons. The van der Waals surface area contributed by atoms with Crippen LogP contribution >= 0.6 is 0 Å². The number of hydrogen-bond donors (Lipinski definition) is 3. The molecule has 0 unspecified atom stereocenters. The minimum atomic E-state index is -0.282. The van der Waals surface area contributed by atoms with Crippen LogP contribution in [0.2, 0.25) is 0 Å². The zero-order valence-corrected chi connectivity index (χ0v) is 13.0. The summed E-state index contributed by atoms with van der Waals surface area (Å²) < 4.78 is 0. The molecule has 2 heterocycles. The number of para-hydroxylation sites is 1. The van der Waals surface area contributed by atoms with Crippen molar-refractivity contribution < 1.29 is 9.90 Å². The molecule has 1 amide bonds. The van der Waals surface area contributed by atoms with Gasteiger partial charge in [-0.25, -0.2) is 0 Å². The minimum Gasteiger partial charge on any atom is -0.393 e. The lowest BCUT2D eigenvalue weighted by Crippen LogP contribution is -2.41. The number of carbonyl (C=O) groups is 1.